The monoisotopic (exact) mass is 394 g/mol. The number of carbonyl (C=O) groups is 2. The van der Waals surface area contributed by atoms with Crippen LogP contribution in [-0.4, -0.2) is 23.0 Å². The van der Waals surface area contributed by atoms with Gasteiger partial charge in [-0.1, -0.05) is 56.3 Å². The van der Waals surface area contributed by atoms with Gasteiger partial charge in [-0.2, -0.15) is 0 Å². The summed E-state index contributed by atoms with van der Waals surface area (Å²) in [5.41, 5.74) is 2.99. The minimum atomic E-state index is -0.931. The van der Waals surface area contributed by atoms with Gasteiger partial charge in [0.25, 0.3) is 5.91 Å². The zero-order valence-electron chi connectivity index (χ0n) is 16.0. The minimum Gasteiger partial charge on any atom is -0.448 e. The Morgan fingerprint density at radius 1 is 1.00 bits per heavy atom. The van der Waals surface area contributed by atoms with Gasteiger partial charge in [0.1, 0.15) is 5.01 Å². The Morgan fingerprint density at radius 3 is 2.32 bits per heavy atom. The molecule has 1 atom stereocenters. The zero-order valence-corrected chi connectivity index (χ0v) is 16.8. The van der Waals surface area contributed by atoms with Crippen LogP contribution in [0.15, 0.2) is 60.0 Å². The van der Waals surface area contributed by atoms with Crippen molar-refractivity contribution >= 4 is 28.9 Å². The molecule has 1 aromatic heterocycles. The molecule has 3 aromatic rings. The van der Waals surface area contributed by atoms with E-state index in [0.717, 1.165) is 10.6 Å². The summed E-state index contributed by atoms with van der Waals surface area (Å²) in [6, 6.07) is 17.2. The van der Waals surface area contributed by atoms with Crippen LogP contribution in [0.2, 0.25) is 0 Å². The van der Waals surface area contributed by atoms with Gasteiger partial charge in [-0.05, 0) is 30.5 Å². The van der Waals surface area contributed by atoms with Crippen LogP contribution in [0.1, 0.15) is 42.7 Å². The van der Waals surface area contributed by atoms with E-state index in [1.54, 1.807) is 12.3 Å². The van der Waals surface area contributed by atoms with E-state index in [-0.39, 0.29) is 11.6 Å². The number of carbonyl (C=O) groups excluding carboxylic acids is 2. The standard InChI is InChI=1S/C22H22N2O3S/c1-14(2)16-9-11-18(12-10-16)23-20(25)15(3)27-22(26)19-13-28-21(24-19)17-7-5-4-6-8-17/h4-15H,1-3H3,(H,23,25)/t15-/m1/s1. The third kappa shape index (κ3) is 4.84. The van der Waals surface area contributed by atoms with Crippen molar-refractivity contribution in [2.45, 2.75) is 32.8 Å². The number of rotatable bonds is 6. The summed E-state index contributed by atoms with van der Waals surface area (Å²) in [4.78, 5) is 29.0. The predicted molar refractivity (Wildman–Crippen MR) is 112 cm³/mol. The molecule has 2 aromatic carbocycles. The molecule has 0 saturated carbocycles. The number of hydrogen-bond acceptors (Lipinski definition) is 5. The lowest BCUT2D eigenvalue weighted by atomic mass is 10.0. The maximum Gasteiger partial charge on any atom is 0.358 e. The number of nitrogens with one attached hydrogen (secondary N) is 1. The molecular weight excluding hydrogens is 372 g/mol. The number of nitrogens with zero attached hydrogens (tertiary/aromatic N) is 1. The number of esters is 1. The zero-order chi connectivity index (χ0) is 20.1. The van der Waals surface area contributed by atoms with Crippen molar-refractivity contribution in [1.29, 1.82) is 0 Å². The molecule has 1 amide bonds. The van der Waals surface area contributed by atoms with E-state index in [0.29, 0.717) is 11.6 Å². The van der Waals surface area contributed by atoms with Crippen molar-refractivity contribution in [3.8, 4) is 10.6 Å². The highest BCUT2D eigenvalue weighted by Crippen LogP contribution is 2.24. The fourth-order valence-electron chi connectivity index (χ4n) is 2.55. The molecule has 0 bridgehead atoms. The Kier molecular flexibility index (Phi) is 6.21. The SMILES string of the molecule is CC(C)c1ccc(NC(=O)[C@@H](C)OC(=O)c2csc(-c3ccccc3)n2)cc1. The van der Waals surface area contributed by atoms with Crippen LogP contribution in [0, 0.1) is 0 Å². The average Bonchev–Trinajstić information content (AvgIpc) is 3.19. The number of thiazole rings is 1. The van der Waals surface area contributed by atoms with Gasteiger partial charge in [0.15, 0.2) is 11.8 Å². The molecule has 1 N–H and O–H groups in total. The van der Waals surface area contributed by atoms with Crippen molar-refractivity contribution in [3.05, 3.63) is 71.2 Å². The maximum absolute atomic E-state index is 12.3. The van der Waals surface area contributed by atoms with Crippen LogP contribution < -0.4 is 5.32 Å². The summed E-state index contributed by atoms with van der Waals surface area (Å²) < 4.78 is 5.27. The van der Waals surface area contributed by atoms with Gasteiger partial charge in [0.2, 0.25) is 0 Å². The number of hydrogen-bond donors (Lipinski definition) is 1. The number of aromatic nitrogens is 1. The summed E-state index contributed by atoms with van der Waals surface area (Å²) >= 11 is 1.36. The fourth-order valence-corrected chi connectivity index (χ4v) is 3.35. The molecule has 0 spiro atoms. The van der Waals surface area contributed by atoms with E-state index in [9.17, 15) is 9.59 Å². The summed E-state index contributed by atoms with van der Waals surface area (Å²) in [7, 11) is 0. The molecule has 0 saturated heterocycles. The lowest BCUT2D eigenvalue weighted by molar-refractivity contribution is -0.123. The van der Waals surface area contributed by atoms with Gasteiger partial charge in [-0.15, -0.1) is 11.3 Å². The molecule has 1 heterocycles. The van der Waals surface area contributed by atoms with Crippen LogP contribution in [0.5, 0.6) is 0 Å². The van der Waals surface area contributed by atoms with Crippen molar-refractivity contribution < 1.29 is 14.3 Å². The summed E-state index contributed by atoms with van der Waals surface area (Å²) in [5, 5.41) is 5.13. The first-order chi connectivity index (χ1) is 13.4. The predicted octanol–water partition coefficient (Wildman–Crippen LogP) is 5.12. The van der Waals surface area contributed by atoms with Crippen LogP contribution in [0.4, 0.5) is 5.69 Å². The van der Waals surface area contributed by atoms with Gasteiger partial charge in [-0.25, -0.2) is 9.78 Å². The smallest absolute Gasteiger partial charge is 0.358 e. The molecular formula is C22H22N2O3S. The van der Waals surface area contributed by atoms with Gasteiger partial charge in [0, 0.05) is 16.6 Å². The molecule has 0 radical (unpaired) electrons. The van der Waals surface area contributed by atoms with Crippen molar-refractivity contribution in [2.24, 2.45) is 0 Å². The van der Waals surface area contributed by atoms with E-state index in [1.807, 2.05) is 54.6 Å². The Hall–Kier alpha value is -2.99. The number of ether oxygens (including phenoxy) is 1. The first kappa shape index (κ1) is 19.8. The highest BCUT2D eigenvalue weighted by molar-refractivity contribution is 7.13. The normalized spacial score (nSPS) is 11.9. The summed E-state index contributed by atoms with van der Waals surface area (Å²) in [5.74, 6) is -0.580. The second kappa shape index (κ2) is 8.80. The Balaban J connectivity index is 1.59. The first-order valence-electron chi connectivity index (χ1n) is 9.07. The van der Waals surface area contributed by atoms with Crippen molar-refractivity contribution in [3.63, 3.8) is 0 Å². The van der Waals surface area contributed by atoms with Gasteiger partial charge < -0.3 is 10.1 Å². The highest BCUT2D eigenvalue weighted by atomic mass is 32.1. The molecule has 0 aliphatic carbocycles. The molecule has 5 nitrogen and oxygen atoms in total. The second-order valence-corrected chi connectivity index (χ2v) is 7.58. The number of amides is 1. The van der Waals surface area contributed by atoms with Crippen LogP contribution >= 0.6 is 11.3 Å². The van der Waals surface area contributed by atoms with Gasteiger partial charge in [-0.3, -0.25) is 4.79 Å². The van der Waals surface area contributed by atoms with E-state index in [1.165, 1.54) is 16.9 Å². The third-order valence-electron chi connectivity index (χ3n) is 4.23. The molecule has 0 aliphatic heterocycles. The number of benzene rings is 2. The van der Waals surface area contributed by atoms with Gasteiger partial charge >= 0.3 is 5.97 Å². The maximum atomic E-state index is 12.3. The molecule has 0 fully saturated rings. The molecule has 3 rings (SSSR count). The van der Waals surface area contributed by atoms with E-state index < -0.39 is 12.1 Å². The molecule has 28 heavy (non-hydrogen) atoms. The third-order valence-corrected chi connectivity index (χ3v) is 5.12. The van der Waals surface area contributed by atoms with Crippen LogP contribution in [-0.2, 0) is 9.53 Å². The quantitative estimate of drug-likeness (QED) is 0.589. The molecule has 6 heteroatoms. The fraction of sp³-hybridized carbons (Fsp3) is 0.227. The number of anilines is 1. The Morgan fingerprint density at radius 2 is 1.68 bits per heavy atom. The summed E-state index contributed by atoms with van der Waals surface area (Å²) in [6.07, 6.45) is -0.931. The van der Waals surface area contributed by atoms with Crippen LogP contribution in [0.3, 0.4) is 0 Å². The first-order valence-corrected chi connectivity index (χ1v) is 9.94. The molecule has 0 unspecified atom stereocenters. The average molecular weight is 394 g/mol. The highest BCUT2D eigenvalue weighted by Gasteiger charge is 2.21. The van der Waals surface area contributed by atoms with E-state index >= 15 is 0 Å². The van der Waals surface area contributed by atoms with Gasteiger partial charge in [0.05, 0.1) is 0 Å². The Labute approximate surface area is 168 Å². The van der Waals surface area contributed by atoms with E-state index in [4.69, 9.17) is 4.74 Å². The summed E-state index contributed by atoms with van der Waals surface area (Å²) in [6.45, 7) is 5.76. The minimum absolute atomic E-state index is 0.199. The van der Waals surface area contributed by atoms with E-state index in [2.05, 4.69) is 24.1 Å². The Bertz CT molecular complexity index is 949. The lowest BCUT2D eigenvalue weighted by Gasteiger charge is -2.13. The van der Waals surface area contributed by atoms with Crippen molar-refractivity contribution in [1.82, 2.24) is 4.98 Å². The lowest BCUT2D eigenvalue weighted by Crippen LogP contribution is -2.30. The van der Waals surface area contributed by atoms with Crippen LogP contribution in [0.25, 0.3) is 10.6 Å². The molecule has 144 valence electrons. The largest absolute Gasteiger partial charge is 0.448 e. The second-order valence-electron chi connectivity index (χ2n) is 6.72. The molecule has 0 aliphatic rings. The topological polar surface area (TPSA) is 68.3 Å². The van der Waals surface area contributed by atoms with Crippen molar-refractivity contribution in [2.75, 3.05) is 5.32 Å².